The zero-order valence-electron chi connectivity index (χ0n) is 16.6. The van der Waals surface area contributed by atoms with E-state index in [0.29, 0.717) is 0 Å². The van der Waals surface area contributed by atoms with E-state index in [0.717, 1.165) is 44.2 Å². The van der Waals surface area contributed by atoms with Gasteiger partial charge in [-0.15, -0.1) is 0 Å². The van der Waals surface area contributed by atoms with Crippen molar-refractivity contribution in [3.63, 3.8) is 0 Å². The van der Waals surface area contributed by atoms with E-state index in [-0.39, 0.29) is 6.10 Å². The van der Waals surface area contributed by atoms with Crippen LogP contribution >= 0.6 is 0 Å². The second-order valence-corrected chi connectivity index (χ2v) is 7.48. The van der Waals surface area contributed by atoms with Crippen molar-refractivity contribution in [1.29, 1.82) is 0 Å². The second kappa shape index (κ2) is 8.69. The van der Waals surface area contributed by atoms with Gasteiger partial charge in [0.1, 0.15) is 0 Å². The number of benzene rings is 2. The van der Waals surface area contributed by atoms with Crippen molar-refractivity contribution in [1.82, 2.24) is 20.0 Å². The number of hydrogen-bond acceptors (Lipinski definition) is 4. The van der Waals surface area contributed by atoms with Crippen LogP contribution in [-0.4, -0.2) is 54.1 Å². The highest BCUT2D eigenvalue weighted by Crippen LogP contribution is 2.26. The molecule has 1 aliphatic heterocycles. The van der Waals surface area contributed by atoms with Gasteiger partial charge in [0, 0.05) is 43.5 Å². The van der Waals surface area contributed by atoms with Gasteiger partial charge in [0.2, 0.25) is 0 Å². The number of rotatable bonds is 6. The van der Waals surface area contributed by atoms with Crippen LogP contribution in [0.25, 0.3) is 16.9 Å². The smallest absolute Gasteiger partial charge is 0.0975 e. The lowest BCUT2D eigenvalue weighted by Gasteiger charge is -2.30. The Balaban J connectivity index is 1.56. The summed E-state index contributed by atoms with van der Waals surface area (Å²) in [6.45, 7) is 6.54. The highest BCUT2D eigenvalue weighted by molar-refractivity contribution is 5.66. The summed E-state index contributed by atoms with van der Waals surface area (Å²) >= 11 is 0. The number of aryl methyl sites for hydroxylation is 1. The molecule has 1 atom stereocenters. The van der Waals surface area contributed by atoms with Crippen LogP contribution in [0.3, 0.4) is 0 Å². The van der Waals surface area contributed by atoms with Crippen LogP contribution in [-0.2, 0) is 11.3 Å². The summed E-state index contributed by atoms with van der Waals surface area (Å²) in [5.74, 6) is 0. The van der Waals surface area contributed by atoms with Gasteiger partial charge in [0.25, 0.3) is 0 Å². The molecule has 0 spiro atoms. The van der Waals surface area contributed by atoms with Crippen LogP contribution in [0.2, 0.25) is 0 Å². The first-order valence-corrected chi connectivity index (χ1v) is 9.91. The molecule has 28 heavy (non-hydrogen) atoms. The number of nitrogens with one attached hydrogen (secondary N) is 1. The molecule has 3 aromatic rings. The van der Waals surface area contributed by atoms with Crippen LogP contribution in [0.5, 0.6) is 0 Å². The van der Waals surface area contributed by atoms with E-state index in [1.54, 1.807) is 0 Å². The van der Waals surface area contributed by atoms with Crippen molar-refractivity contribution < 1.29 is 4.74 Å². The lowest BCUT2D eigenvalue weighted by atomic mass is 10.0. The minimum Gasteiger partial charge on any atom is -0.374 e. The number of ether oxygens (including phenoxy) is 1. The van der Waals surface area contributed by atoms with Gasteiger partial charge in [-0.3, -0.25) is 0 Å². The molecule has 146 valence electrons. The van der Waals surface area contributed by atoms with Crippen LogP contribution in [0.4, 0.5) is 0 Å². The second-order valence-electron chi connectivity index (χ2n) is 7.48. The lowest BCUT2D eigenvalue weighted by molar-refractivity contribution is -0.0182. The summed E-state index contributed by atoms with van der Waals surface area (Å²) in [4.78, 5) is 2.32. The van der Waals surface area contributed by atoms with Gasteiger partial charge in [0.15, 0.2) is 0 Å². The minimum atomic E-state index is 0.241. The third-order valence-electron chi connectivity index (χ3n) is 5.24. The molecule has 2 heterocycles. The molecule has 4 rings (SSSR count). The lowest BCUT2D eigenvalue weighted by Crippen LogP contribution is -2.44. The molecule has 0 saturated carbocycles. The van der Waals surface area contributed by atoms with Crippen LogP contribution in [0.15, 0.2) is 60.8 Å². The Hall–Kier alpha value is -2.47. The molecular weight excluding hydrogens is 348 g/mol. The topological polar surface area (TPSA) is 42.3 Å². The first-order chi connectivity index (χ1) is 13.7. The number of morpholine rings is 1. The molecule has 0 aliphatic carbocycles. The Bertz CT molecular complexity index is 906. The number of para-hydroxylation sites is 1. The molecule has 1 aromatic heterocycles. The predicted molar refractivity (Wildman–Crippen MR) is 113 cm³/mol. The largest absolute Gasteiger partial charge is 0.374 e. The Kier molecular flexibility index (Phi) is 5.86. The zero-order chi connectivity index (χ0) is 19.3. The van der Waals surface area contributed by atoms with Crippen LogP contribution in [0, 0.1) is 6.92 Å². The maximum absolute atomic E-state index is 5.87. The quantitative estimate of drug-likeness (QED) is 0.717. The van der Waals surface area contributed by atoms with E-state index in [2.05, 4.69) is 66.8 Å². The Labute approximate surface area is 166 Å². The molecule has 1 unspecified atom stereocenters. The molecule has 5 heteroatoms. The van der Waals surface area contributed by atoms with Gasteiger partial charge in [0.05, 0.1) is 24.1 Å². The highest BCUT2D eigenvalue weighted by atomic mass is 16.5. The van der Waals surface area contributed by atoms with Crippen molar-refractivity contribution in [3.05, 3.63) is 71.9 Å². The summed E-state index contributed by atoms with van der Waals surface area (Å²) < 4.78 is 7.85. The molecular formula is C23H28N4O. The van der Waals surface area contributed by atoms with E-state index in [4.69, 9.17) is 9.84 Å². The Morgan fingerprint density at radius 1 is 1.11 bits per heavy atom. The van der Waals surface area contributed by atoms with E-state index in [1.165, 1.54) is 16.7 Å². The number of likely N-dealkylation sites (N-methyl/N-ethyl adjacent to an activating group) is 1. The Morgan fingerprint density at radius 3 is 2.68 bits per heavy atom. The standard InChI is InChI=1S/C23H28N4O/c1-18-8-6-7-11-22(18)23-19(14-24-15-21-17-26(2)12-13-28-21)16-27(25-23)20-9-4-3-5-10-20/h3-11,16,21,24H,12-15,17H2,1-2H3. The van der Waals surface area contributed by atoms with Gasteiger partial charge >= 0.3 is 0 Å². The van der Waals surface area contributed by atoms with Crippen molar-refractivity contribution in [2.45, 2.75) is 19.6 Å². The predicted octanol–water partition coefficient (Wildman–Crippen LogP) is 3.27. The molecule has 1 saturated heterocycles. The van der Waals surface area contributed by atoms with Gasteiger partial charge in [-0.2, -0.15) is 5.10 Å². The van der Waals surface area contributed by atoms with E-state index in [9.17, 15) is 0 Å². The van der Waals surface area contributed by atoms with Crippen molar-refractivity contribution in [3.8, 4) is 16.9 Å². The monoisotopic (exact) mass is 376 g/mol. The first kappa shape index (κ1) is 18.9. The number of nitrogens with zero attached hydrogens (tertiary/aromatic N) is 3. The molecule has 0 amide bonds. The zero-order valence-corrected chi connectivity index (χ0v) is 16.6. The van der Waals surface area contributed by atoms with Crippen molar-refractivity contribution in [2.24, 2.45) is 0 Å². The number of hydrogen-bond donors (Lipinski definition) is 1. The normalized spacial score (nSPS) is 17.7. The summed E-state index contributed by atoms with van der Waals surface area (Å²) in [7, 11) is 2.15. The summed E-state index contributed by atoms with van der Waals surface area (Å²) in [5.41, 5.74) is 5.72. The van der Waals surface area contributed by atoms with E-state index < -0.39 is 0 Å². The average molecular weight is 377 g/mol. The van der Waals surface area contributed by atoms with Gasteiger partial charge < -0.3 is 15.0 Å². The summed E-state index contributed by atoms with van der Waals surface area (Å²) in [6, 6.07) is 18.7. The fraction of sp³-hybridized carbons (Fsp3) is 0.348. The van der Waals surface area contributed by atoms with E-state index >= 15 is 0 Å². The van der Waals surface area contributed by atoms with Crippen molar-refractivity contribution >= 4 is 0 Å². The van der Waals surface area contributed by atoms with Gasteiger partial charge in [-0.1, -0.05) is 42.5 Å². The maximum atomic E-state index is 5.87. The van der Waals surface area contributed by atoms with E-state index in [1.807, 2.05) is 22.9 Å². The minimum absolute atomic E-state index is 0.241. The molecule has 1 fully saturated rings. The van der Waals surface area contributed by atoms with Crippen molar-refractivity contribution in [2.75, 3.05) is 33.3 Å². The summed E-state index contributed by atoms with van der Waals surface area (Å²) in [6.07, 6.45) is 2.38. The molecule has 0 bridgehead atoms. The maximum Gasteiger partial charge on any atom is 0.0975 e. The molecule has 0 radical (unpaired) electrons. The van der Waals surface area contributed by atoms with Crippen LogP contribution in [0.1, 0.15) is 11.1 Å². The highest BCUT2D eigenvalue weighted by Gasteiger charge is 2.18. The van der Waals surface area contributed by atoms with Crippen LogP contribution < -0.4 is 5.32 Å². The Morgan fingerprint density at radius 2 is 1.89 bits per heavy atom. The fourth-order valence-corrected chi connectivity index (χ4v) is 3.68. The summed E-state index contributed by atoms with van der Waals surface area (Å²) in [5, 5.41) is 8.51. The molecule has 1 N–H and O–H groups in total. The number of aromatic nitrogens is 2. The third kappa shape index (κ3) is 4.33. The fourth-order valence-electron chi connectivity index (χ4n) is 3.68. The average Bonchev–Trinajstić information content (AvgIpc) is 3.13. The molecule has 2 aromatic carbocycles. The molecule has 5 nitrogen and oxygen atoms in total. The SMILES string of the molecule is Cc1ccccc1-c1nn(-c2ccccc2)cc1CNCC1CN(C)CCO1. The first-order valence-electron chi connectivity index (χ1n) is 9.91. The van der Waals surface area contributed by atoms with Gasteiger partial charge in [-0.05, 0) is 31.7 Å². The molecule has 1 aliphatic rings. The van der Waals surface area contributed by atoms with Gasteiger partial charge in [-0.25, -0.2) is 4.68 Å². The third-order valence-corrected chi connectivity index (χ3v) is 5.24.